The summed E-state index contributed by atoms with van der Waals surface area (Å²) in [5.74, 6) is -0.127. The normalized spacial score (nSPS) is 15.7. The Hall–Kier alpha value is -1.73. The molecule has 0 bridgehead atoms. The third-order valence-electron chi connectivity index (χ3n) is 5.08. The zero-order chi connectivity index (χ0) is 20.0. The van der Waals surface area contributed by atoms with Crippen LogP contribution in [0.4, 0.5) is 0 Å². The number of Topliss-reactive ketones (excluding diaryl/α,β-unsaturated/α-hetero) is 1. The smallest absolute Gasteiger partial charge is 0.244 e. The maximum atomic E-state index is 12.8. The van der Waals surface area contributed by atoms with E-state index < -0.39 is 10.0 Å². The fourth-order valence-electron chi connectivity index (χ4n) is 3.55. The van der Waals surface area contributed by atoms with Crippen molar-refractivity contribution in [3.8, 4) is 0 Å². The van der Waals surface area contributed by atoms with Crippen LogP contribution in [0.1, 0.15) is 42.1 Å². The first kappa shape index (κ1) is 23.5. The number of ketones is 1. The molecule has 0 aliphatic carbocycles. The van der Waals surface area contributed by atoms with Crippen molar-refractivity contribution in [1.82, 2.24) is 9.21 Å². The standard InChI is InChI=1S/C22H28N2O3S.ClH/c1-2-3-14-23(17-19-10-5-4-6-11-19)15-9-16-24-18-21(25)20-12-7-8-13-22(20)28(24,26)27;/h4-8,10-13H,2-3,9,14-18H2,1H3;1H. The van der Waals surface area contributed by atoms with E-state index >= 15 is 0 Å². The average Bonchev–Trinajstić information content (AvgIpc) is 2.71. The Kier molecular flexibility index (Phi) is 8.83. The Balaban J connectivity index is 0.00000300. The third-order valence-corrected chi connectivity index (χ3v) is 6.99. The number of halogens is 1. The molecule has 29 heavy (non-hydrogen) atoms. The highest BCUT2D eigenvalue weighted by atomic mass is 35.5. The van der Waals surface area contributed by atoms with Gasteiger partial charge in [-0.1, -0.05) is 55.8 Å². The predicted octanol–water partition coefficient (Wildman–Crippen LogP) is 3.99. The molecule has 2 aromatic carbocycles. The highest BCUT2D eigenvalue weighted by Crippen LogP contribution is 2.26. The number of hydrogen-bond acceptors (Lipinski definition) is 4. The van der Waals surface area contributed by atoms with Gasteiger partial charge < -0.3 is 0 Å². The van der Waals surface area contributed by atoms with E-state index in [4.69, 9.17) is 0 Å². The zero-order valence-corrected chi connectivity index (χ0v) is 18.4. The number of hydrogen-bond donors (Lipinski definition) is 0. The van der Waals surface area contributed by atoms with Crippen LogP contribution in [0, 0.1) is 0 Å². The van der Waals surface area contributed by atoms with Crippen LogP contribution in [0.25, 0.3) is 0 Å². The number of carbonyl (C=O) groups excluding carboxylic acids is 1. The van der Waals surface area contributed by atoms with Gasteiger partial charge in [-0.3, -0.25) is 9.69 Å². The van der Waals surface area contributed by atoms with Gasteiger partial charge in [-0.05, 0) is 43.6 Å². The van der Waals surface area contributed by atoms with Gasteiger partial charge in [0, 0.05) is 18.7 Å². The van der Waals surface area contributed by atoms with E-state index in [9.17, 15) is 13.2 Å². The summed E-state index contributed by atoms with van der Waals surface area (Å²) in [6.45, 7) is 5.11. The summed E-state index contributed by atoms with van der Waals surface area (Å²) in [6.07, 6.45) is 2.93. The molecule has 0 saturated heterocycles. The van der Waals surface area contributed by atoms with Crippen molar-refractivity contribution in [2.45, 2.75) is 37.6 Å². The number of nitrogens with zero attached hydrogens (tertiary/aromatic N) is 2. The number of rotatable bonds is 9. The minimum absolute atomic E-state index is 0. The van der Waals surface area contributed by atoms with Crippen LogP contribution in [-0.2, 0) is 16.6 Å². The lowest BCUT2D eigenvalue weighted by Gasteiger charge is -2.28. The van der Waals surface area contributed by atoms with E-state index in [-0.39, 0.29) is 29.6 Å². The summed E-state index contributed by atoms with van der Waals surface area (Å²) in [5, 5.41) is 0. The summed E-state index contributed by atoms with van der Waals surface area (Å²) in [4.78, 5) is 14.9. The summed E-state index contributed by atoms with van der Waals surface area (Å²) in [7, 11) is -3.60. The van der Waals surface area contributed by atoms with Crippen LogP contribution in [0.2, 0.25) is 0 Å². The van der Waals surface area contributed by atoms with Crippen LogP contribution in [0.3, 0.4) is 0 Å². The van der Waals surface area contributed by atoms with Crippen LogP contribution in [0.5, 0.6) is 0 Å². The van der Waals surface area contributed by atoms with Gasteiger partial charge in [-0.2, -0.15) is 4.31 Å². The van der Waals surface area contributed by atoms with Crippen LogP contribution < -0.4 is 0 Å². The molecule has 158 valence electrons. The van der Waals surface area contributed by atoms with E-state index in [1.54, 1.807) is 18.2 Å². The molecule has 0 N–H and O–H groups in total. The predicted molar refractivity (Wildman–Crippen MR) is 118 cm³/mol. The van der Waals surface area contributed by atoms with Gasteiger partial charge in [0.05, 0.1) is 11.4 Å². The van der Waals surface area contributed by atoms with Crippen LogP contribution in [0.15, 0.2) is 59.5 Å². The number of unbranched alkanes of at least 4 members (excludes halogenated alkanes) is 1. The van der Waals surface area contributed by atoms with Gasteiger partial charge in [0.2, 0.25) is 10.0 Å². The minimum atomic E-state index is -3.60. The molecule has 0 amide bonds. The highest BCUT2D eigenvalue weighted by Gasteiger charge is 2.35. The van der Waals surface area contributed by atoms with Crippen molar-refractivity contribution in [2.75, 3.05) is 26.2 Å². The van der Waals surface area contributed by atoms with Crippen LogP contribution >= 0.6 is 12.4 Å². The van der Waals surface area contributed by atoms with Crippen molar-refractivity contribution in [3.63, 3.8) is 0 Å². The van der Waals surface area contributed by atoms with Gasteiger partial charge in [-0.15, -0.1) is 12.4 Å². The Labute approximate surface area is 180 Å². The Bertz CT molecular complexity index is 903. The minimum Gasteiger partial charge on any atom is -0.299 e. The average molecular weight is 437 g/mol. The monoisotopic (exact) mass is 436 g/mol. The summed E-state index contributed by atoms with van der Waals surface area (Å²) >= 11 is 0. The molecule has 1 aliphatic heterocycles. The van der Waals surface area contributed by atoms with Crippen molar-refractivity contribution in [2.24, 2.45) is 0 Å². The zero-order valence-electron chi connectivity index (χ0n) is 16.8. The molecule has 5 nitrogen and oxygen atoms in total. The van der Waals surface area contributed by atoms with Gasteiger partial charge in [0.15, 0.2) is 5.78 Å². The van der Waals surface area contributed by atoms with Crippen molar-refractivity contribution >= 4 is 28.2 Å². The second kappa shape index (κ2) is 10.9. The second-order valence-electron chi connectivity index (χ2n) is 7.23. The molecular weight excluding hydrogens is 408 g/mol. The SMILES string of the molecule is CCCCN(CCCN1CC(=O)c2ccccc2S1(=O)=O)Cc1ccccc1.Cl. The molecular formula is C22H29ClN2O3S. The van der Waals surface area contributed by atoms with Crippen LogP contribution in [-0.4, -0.2) is 49.6 Å². The molecule has 0 saturated carbocycles. The van der Waals surface area contributed by atoms with E-state index in [2.05, 4.69) is 24.0 Å². The molecule has 2 aromatic rings. The van der Waals surface area contributed by atoms with Gasteiger partial charge in [0.1, 0.15) is 0 Å². The van der Waals surface area contributed by atoms with E-state index in [0.29, 0.717) is 18.5 Å². The topological polar surface area (TPSA) is 57.7 Å². The first-order valence-electron chi connectivity index (χ1n) is 9.91. The third kappa shape index (κ3) is 5.89. The number of sulfonamides is 1. The number of carbonyl (C=O) groups is 1. The second-order valence-corrected chi connectivity index (χ2v) is 9.13. The Morgan fingerprint density at radius 1 is 0.966 bits per heavy atom. The fraction of sp³-hybridized carbons (Fsp3) is 0.409. The lowest BCUT2D eigenvalue weighted by molar-refractivity contribution is 0.0954. The fourth-order valence-corrected chi connectivity index (χ4v) is 5.20. The number of fused-ring (bicyclic) bond motifs is 1. The van der Waals surface area contributed by atoms with Gasteiger partial charge >= 0.3 is 0 Å². The molecule has 1 aliphatic rings. The van der Waals surface area contributed by atoms with Gasteiger partial charge in [0.25, 0.3) is 0 Å². The molecule has 0 unspecified atom stereocenters. The van der Waals surface area contributed by atoms with Gasteiger partial charge in [-0.25, -0.2) is 8.42 Å². The molecule has 0 fully saturated rings. The molecule has 0 aromatic heterocycles. The summed E-state index contributed by atoms with van der Waals surface area (Å²) < 4.78 is 27.0. The summed E-state index contributed by atoms with van der Waals surface area (Å²) in [5.41, 5.74) is 1.57. The molecule has 0 radical (unpaired) electrons. The molecule has 1 heterocycles. The maximum absolute atomic E-state index is 12.8. The Morgan fingerprint density at radius 2 is 1.62 bits per heavy atom. The first-order valence-corrected chi connectivity index (χ1v) is 11.3. The van der Waals surface area contributed by atoms with E-state index in [0.717, 1.165) is 32.5 Å². The molecule has 7 heteroatoms. The van der Waals surface area contributed by atoms with E-state index in [1.165, 1.54) is 15.9 Å². The molecule has 0 atom stereocenters. The largest absolute Gasteiger partial charge is 0.299 e. The van der Waals surface area contributed by atoms with Crippen molar-refractivity contribution in [3.05, 3.63) is 65.7 Å². The quantitative estimate of drug-likeness (QED) is 0.596. The lowest BCUT2D eigenvalue weighted by Crippen LogP contribution is -2.42. The van der Waals surface area contributed by atoms with E-state index in [1.807, 2.05) is 18.2 Å². The molecule has 0 spiro atoms. The highest BCUT2D eigenvalue weighted by molar-refractivity contribution is 7.89. The van der Waals surface area contributed by atoms with Crippen molar-refractivity contribution < 1.29 is 13.2 Å². The first-order chi connectivity index (χ1) is 13.5. The maximum Gasteiger partial charge on any atom is 0.244 e. The summed E-state index contributed by atoms with van der Waals surface area (Å²) in [6, 6.07) is 16.8. The van der Waals surface area contributed by atoms with Crippen molar-refractivity contribution in [1.29, 1.82) is 0 Å². The Morgan fingerprint density at radius 3 is 2.34 bits per heavy atom. The number of benzene rings is 2. The molecule has 3 rings (SSSR count). The lowest BCUT2D eigenvalue weighted by atomic mass is 10.1.